The van der Waals surface area contributed by atoms with E-state index in [4.69, 9.17) is 14.6 Å². The third-order valence-corrected chi connectivity index (χ3v) is 4.00. The topological polar surface area (TPSA) is 223 Å². The lowest BCUT2D eigenvalue weighted by molar-refractivity contribution is -0.276. The molecule has 14 heteroatoms. The first-order chi connectivity index (χ1) is 12.4. The Hall–Kier alpha value is -2.20. The molecule has 0 bridgehead atoms. The van der Waals surface area contributed by atoms with Crippen molar-refractivity contribution in [3.05, 3.63) is 17.7 Å². The molecule has 0 spiro atoms. The zero-order valence-electron chi connectivity index (χ0n) is 13.2. The molecular formula is C13H15O13S-. The number of rotatable bonds is 6. The van der Waals surface area contributed by atoms with Crippen LogP contribution in [-0.4, -0.2) is 86.9 Å². The van der Waals surface area contributed by atoms with Gasteiger partial charge in [0.05, 0.1) is 12.2 Å². The first-order valence-electron chi connectivity index (χ1n) is 7.16. The van der Waals surface area contributed by atoms with Gasteiger partial charge in [-0.15, -0.1) is 0 Å². The maximum atomic E-state index is 10.9. The fourth-order valence-corrected chi connectivity index (χ4v) is 2.56. The highest BCUT2D eigenvalue weighted by Crippen LogP contribution is 2.39. The van der Waals surface area contributed by atoms with Crippen molar-refractivity contribution >= 4 is 16.4 Å². The van der Waals surface area contributed by atoms with Gasteiger partial charge in [-0.1, -0.05) is 0 Å². The van der Waals surface area contributed by atoms with E-state index in [-0.39, 0.29) is 0 Å². The fourth-order valence-electron chi connectivity index (χ4n) is 2.26. The van der Waals surface area contributed by atoms with Gasteiger partial charge >= 0.3 is 5.97 Å². The Balaban J connectivity index is 2.23. The van der Waals surface area contributed by atoms with Crippen molar-refractivity contribution < 1.29 is 62.1 Å². The monoisotopic (exact) mass is 411 g/mol. The summed E-state index contributed by atoms with van der Waals surface area (Å²) in [6.07, 6.45) is -9.23. The van der Waals surface area contributed by atoms with Crippen LogP contribution in [-0.2, 0) is 19.3 Å². The molecule has 0 radical (unpaired) electrons. The van der Waals surface area contributed by atoms with Gasteiger partial charge in [0.2, 0.25) is 22.4 Å². The molecule has 1 aromatic carbocycles. The van der Waals surface area contributed by atoms with Crippen LogP contribution >= 0.6 is 0 Å². The van der Waals surface area contributed by atoms with Crippen LogP contribution in [0.5, 0.6) is 17.2 Å². The Morgan fingerprint density at radius 1 is 1.11 bits per heavy atom. The number of ether oxygens (including phenoxy) is 2. The van der Waals surface area contributed by atoms with E-state index < -0.39 is 76.5 Å². The number of benzene rings is 1. The second-order valence-corrected chi connectivity index (χ2v) is 6.53. The molecule has 1 fully saturated rings. The number of aromatic carboxylic acids is 1. The van der Waals surface area contributed by atoms with Gasteiger partial charge < -0.3 is 44.7 Å². The van der Waals surface area contributed by atoms with Crippen LogP contribution in [0.3, 0.4) is 0 Å². The number of carboxylic acid groups (broad SMARTS) is 1. The van der Waals surface area contributed by atoms with Crippen LogP contribution in [0.2, 0.25) is 0 Å². The van der Waals surface area contributed by atoms with Gasteiger partial charge in [0.15, 0.2) is 11.5 Å². The average Bonchev–Trinajstić information content (AvgIpc) is 2.55. The van der Waals surface area contributed by atoms with Crippen molar-refractivity contribution in [3.63, 3.8) is 0 Å². The number of aromatic hydroxyl groups is 2. The highest BCUT2D eigenvalue weighted by atomic mass is 32.3. The number of carboxylic acids is 1. The smallest absolute Gasteiger partial charge is 0.335 e. The average molecular weight is 411 g/mol. The molecule has 13 nitrogen and oxygen atoms in total. The molecule has 1 aromatic rings. The van der Waals surface area contributed by atoms with Crippen LogP contribution < -0.4 is 4.74 Å². The molecule has 27 heavy (non-hydrogen) atoms. The summed E-state index contributed by atoms with van der Waals surface area (Å²) >= 11 is 0. The van der Waals surface area contributed by atoms with Crippen LogP contribution in [0, 0.1) is 0 Å². The highest BCUT2D eigenvalue weighted by Gasteiger charge is 2.45. The fraction of sp³-hybridized carbons (Fsp3) is 0.462. The largest absolute Gasteiger partial charge is 0.726 e. The summed E-state index contributed by atoms with van der Waals surface area (Å²) in [6.45, 7) is -1.02. The van der Waals surface area contributed by atoms with Gasteiger partial charge in [0.25, 0.3) is 0 Å². The normalized spacial score (nSPS) is 28.7. The molecule has 1 saturated heterocycles. The van der Waals surface area contributed by atoms with E-state index in [0.717, 1.165) is 12.1 Å². The minimum absolute atomic E-state index is 0.482. The number of aliphatic hydroxyl groups excluding tert-OH is 3. The number of carbonyl (C=O) groups is 1. The lowest BCUT2D eigenvalue weighted by Gasteiger charge is -2.40. The van der Waals surface area contributed by atoms with Gasteiger partial charge in [-0.3, -0.25) is 4.18 Å². The first kappa shape index (κ1) is 21.1. The molecule has 152 valence electrons. The standard InChI is InChI=1S/C13H16O13S/c14-5-1-4(12(19)20)2-6(15)11(5)26-13-10(18)9(17)8(16)7(25-13)3-24-27(21,22)23/h1-2,7-10,13-18H,3H2,(H,19,20)(H,21,22,23)/p-1/t7-,8-,9+,10-,13+/m1/s1. The van der Waals surface area contributed by atoms with E-state index in [2.05, 4.69) is 4.18 Å². The molecule has 5 atom stereocenters. The van der Waals surface area contributed by atoms with Gasteiger partial charge in [0.1, 0.15) is 24.4 Å². The maximum absolute atomic E-state index is 10.9. The van der Waals surface area contributed by atoms with Crippen molar-refractivity contribution in [2.45, 2.75) is 30.7 Å². The number of hydrogen-bond donors (Lipinski definition) is 6. The Kier molecular flexibility index (Phi) is 6.10. The lowest BCUT2D eigenvalue weighted by Crippen LogP contribution is -2.60. The Morgan fingerprint density at radius 2 is 1.67 bits per heavy atom. The Labute approximate surface area is 151 Å². The number of aliphatic hydroxyl groups is 3. The Bertz CT molecular complexity index is 783. The van der Waals surface area contributed by atoms with Crippen molar-refractivity contribution in [1.29, 1.82) is 0 Å². The molecule has 0 amide bonds. The quantitative estimate of drug-likeness (QED) is 0.210. The van der Waals surface area contributed by atoms with Crippen molar-refractivity contribution in [2.75, 3.05) is 6.61 Å². The van der Waals surface area contributed by atoms with E-state index in [9.17, 15) is 43.3 Å². The molecular weight excluding hydrogens is 396 g/mol. The Morgan fingerprint density at radius 3 is 2.15 bits per heavy atom. The summed E-state index contributed by atoms with van der Waals surface area (Å²) in [5.74, 6) is -3.88. The van der Waals surface area contributed by atoms with Crippen LogP contribution in [0.4, 0.5) is 0 Å². The molecule has 6 N–H and O–H groups in total. The third-order valence-electron chi connectivity index (χ3n) is 3.58. The SMILES string of the molecule is O=C(O)c1cc(O)c(O[C@@H]2O[C@H](COS(=O)(=O)[O-])[C@@H](O)[C@H](O)[C@H]2O)c(O)c1. The first-order valence-corrected chi connectivity index (χ1v) is 8.50. The summed E-state index contributed by atoms with van der Waals surface area (Å²) in [5, 5.41) is 57.9. The third kappa shape index (κ3) is 4.95. The van der Waals surface area contributed by atoms with E-state index in [1.807, 2.05) is 0 Å². The van der Waals surface area contributed by atoms with Gasteiger partial charge in [-0.2, -0.15) is 0 Å². The summed E-state index contributed by atoms with van der Waals surface area (Å²) in [4.78, 5) is 10.9. The molecule has 2 rings (SSSR count). The van der Waals surface area contributed by atoms with Gasteiger partial charge in [-0.25, -0.2) is 13.2 Å². The predicted molar refractivity (Wildman–Crippen MR) is 79.7 cm³/mol. The number of phenolic OH excluding ortho intramolecular Hbond substituents is 2. The molecule has 1 aliphatic heterocycles. The molecule has 1 heterocycles. The van der Waals surface area contributed by atoms with Crippen molar-refractivity contribution in [1.82, 2.24) is 0 Å². The second kappa shape index (κ2) is 7.81. The molecule has 0 saturated carbocycles. The van der Waals surface area contributed by atoms with Crippen LogP contribution in [0.25, 0.3) is 0 Å². The second-order valence-electron chi connectivity index (χ2n) is 5.47. The molecule has 0 aromatic heterocycles. The van der Waals surface area contributed by atoms with Gasteiger partial charge in [0, 0.05) is 0 Å². The van der Waals surface area contributed by atoms with Gasteiger partial charge in [-0.05, 0) is 12.1 Å². The minimum atomic E-state index is -5.14. The molecule has 1 aliphatic rings. The summed E-state index contributed by atoms with van der Waals surface area (Å²) in [6, 6.07) is 1.45. The zero-order valence-corrected chi connectivity index (χ0v) is 14.0. The lowest BCUT2D eigenvalue weighted by atomic mass is 9.99. The maximum Gasteiger partial charge on any atom is 0.335 e. The van der Waals surface area contributed by atoms with E-state index in [1.165, 1.54) is 0 Å². The molecule has 0 aliphatic carbocycles. The molecule has 0 unspecified atom stereocenters. The number of hydrogen-bond acceptors (Lipinski definition) is 12. The zero-order chi connectivity index (χ0) is 20.5. The summed E-state index contributed by atoms with van der Waals surface area (Å²) in [5.41, 5.74) is -0.482. The summed E-state index contributed by atoms with van der Waals surface area (Å²) in [7, 11) is -5.14. The van der Waals surface area contributed by atoms with Crippen LogP contribution in [0.1, 0.15) is 10.4 Å². The highest BCUT2D eigenvalue weighted by molar-refractivity contribution is 7.80. The van der Waals surface area contributed by atoms with Crippen molar-refractivity contribution in [2.24, 2.45) is 0 Å². The minimum Gasteiger partial charge on any atom is -0.726 e. The van der Waals surface area contributed by atoms with E-state index in [1.54, 1.807) is 0 Å². The van der Waals surface area contributed by atoms with E-state index in [0.29, 0.717) is 0 Å². The predicted octanol–water partition coefficient (Wildman–Crippen LogP) is -2.54. The number of phenols is 2. The summed E-state index contributed by atoms with van der Waals surface area (Å²) < 4.78 is 45.5. The van der Waals surface area contributed by atoms with E-state index >= 15 is 0 Å². The van der Waals surface area contributed by atoms with Crippen LogP contribution in [0.15, 0.2) is 12.1 Å². The van der Waals surface area contributed by atoms with Crippen molar-refractivity contribution in [3.8, 4) is 17.2 Å².